The molecule has 0 aliphatic heterocycles. The van der Waals surface area contributed by atoms with Crippen LogP contribution in [-0.2, 0) is 24.3 Å². The van der Waals surface area contributed by atoms with Crippen molar-refractivity contribution in [3.05, 3.63) is 42.5 Å². The number of carboxylic acids is 1. The number of benzene rings is 2. The molecule has 2 aromatic carbocycles. The Balaban J connectivity index is 1.98. The highest BCUT2D eigenvalue weighted by molar-refractivity contribution is 7.89. The molecule has 2 aromatic rings. The van der Waals surface area contributed by atoms with Gasteiger partial charge in [0, 0.05) is 26.6 Å². The maximum atomic E-state index is 12.4. The van der Waals surface area contributed by atoms with Crippen molar-refractivity contribution in [2.24, 2.45) is 0 Å². The van der Waals surface area contributed by atoms with Crippen LogP contribution in [0.1, 0.15) is 6.42 Å². The first-order valence-corrected chi connectivity index (χ1v) is 9.79. The summed E-state index contributed by atoms with van der Waals surface area (Å²) < 4.78 is 32.1. The number of rotatable bonds is 10. The van der Waals surface area contributed by atoms with Gasteiger partial charge in [-0.3, -0.25) is 9.59 Å². The van der Waals surface area contributed by atoms with E-state index in [1.165, 1.54) is 13.2 Å². The van der Waals surface area contributed by atoms with Crippen LogP contribution in [0.4, 0.5) is 0 Å². The van der Waals surface area contributed by atoms with Crippen molar-refractivity contribution in [1.29, 1.82) is 0 Å². The lowest BCUT2D eigenvalue weighted by atomic mass is 10.1. The number of methoxy groups -OCH3 is 1. The van der Waals surface area contributed by atoms with Gasteiger partial charge in [0.05, 0.1) is 11.5 Å². The van der Waals surface area contributed by atoms with E-state index in [1.807, 2.05) is 24.3 Å². The molecule has 0 spiro atoms. The second kappa shape index (κ2) is 9.45. The number of amides is 1. The van der Waals surface area contributed by atoms with E-state index in [2.05, 4.69) is 4.72 Å². The van der Waals surface area contributed by atoms with Gasteiger partial charge in [0.15, 0.2) is 0 Å². The van der Waals surface area contributed by atoms with E-state index >= 15 is 0 Å². The number of nitrogens with zero attached hydrogens (tertiary/aromatic N) is 1. The Hall–Kier alpha value is -2.49. The molecule has 0 aliphatic rings. The Kier molecular flexibility index (Phi) is 7.28. The molecule has 8 nitrogen and oxygen atoms in total. The molecule has 0 heterocycles. The summed E-state index contributed by atoms with van der Waals surface area (Å²) in [5.74, 6) is -1.60. The maximum absolute atomic E-state index is 12.4. The summed E-state index contributed by atoms with van der Waals surface area (Å²) in [6.07, 6.45) is -0.149. The average Bonchev–Trinajstić information content (AvgIpc) is 2.64. The summed E-state index contributed by atoms with van der Waals surface area (Å²) in [5.41, 5.74) is 0. The van der Waals surface area contributed by atoms with E-state index in [0.717, 1.165) is 15.7 Å². The van der Waals surface area contributed by atoms with E-state index in [-0.39, 0.29) is 31.0 Å². The van der Waals surface area contributed by atoms with Gasteiger partial charge in [0.2, 0.25) is 15.9 Å². The Morgan fingerprint density at radius 3 is 2.52 bits per heavy atom. The number of sulfonamides is 1. The molecule has 9 heteroatoms. The molecular weight excluding hydrogens is 372 g/mol. The van der Waals surface area contributed by atoms with Gasteiger partial charge in [-0.2, -0.15) is 0 Å². The number of carbonyl (C=O) groups is 2. The van der Waals surface area contributed by atoms with Gasteiger partial charge in [-0.1, -0.05) is 30.3 Å². The lowest BCUT2D eigenvalue weighted by Crippen LogP contribution is -2.39. The SMILES string of the molecule is COCCN(CC(=O)O)C(=O)CCNS(=O)(=O)c1ccc2ccccc2c1. The predicted molar refractivity (Wildman–Crippen MR) is 99.8 cm³/mol. The molecule has 0 aromatic heterocycles. The van der Waals surface area contributed by atoms with E-state index in [1.54, 1.807) is 12.1 Å². The van der Waals surface area contributed by atoms with Gasteiger partial charge in [0.25, 0.3) is 0 Å². The summed E-state index contributed by atoms with van der Waals surface area (Å²) in [4.78, 5) is 24.2. The summed E-state index contributed by atoms with van der Waals surface area (Å²) in [6.45, 7) is -0.266. The van der Waals surface area contributed by atoms with Crippen LogP contribution in [0.15, 0.2) is 47.4 Å². The first kappa shape index (κ1) is 20.8. The second-order valence-electron chi connectivity index (χ2n) is 5.86. The molecule has 0 saturated carbocycles. The molecule has 0 unspecified atom stereocenters. The van der Waals surface area contributed by atoms with Crippen molar-refractivity contribution in [3.63, 3.8) is 0 Å². The number of aliphatic carboxylic acids is 1. The fourth-order valence-electron chi connectivity index (χ4n) is 2.53. The molecule has 0 fully saturated rings. The predicted octanol–water partition coefficient (Wildman–Crippen LogP) is 1.07. The quantitative estimate of drug-likeness (QED) is 0.623. The highest BCUT2D eigenvalue weighted by atomic mass is 32.2. The lowest BCUT2D eigenvalue weighted by Gasteiger charge is -2.20. The minimum atomic E-state index is -3.77. The third-order valence-corrected chi connectivity index (χ3v) is 5.37. The van der Waals surface area contributed by atoms with Crippen LogP contribution >= 0.6 is 0 Å². The van der Waals surface area contributed by atoms with E-state index < -0.39 is 28.4 Å². The Bertz CT molecular complexity index is 913. The zero-order chi connectivity index (χ0) is 19.9. The fraction of sp³-hybridized carbons (Fsp3) is 0.333. The first-order chi connectivity index (χ1) is 12.8. The fourth-order valence-corrected chi connectivity index (χ4v) is 3.59. The minimum Gasteiger partial charge on any atom is -0.480 e. The van der Waals surface area contributed by atoms with Crippen molar-refractivity contribution in [1.82, 2.24) is 9.62 Å². The van der Waals surface area contributed by atoms with Gasteiger partial charge < -0.3 is 14.7 Å². The lowest BCUT2D eigenvalue weighted by molar-refractivity contribution is -0.144. The van der Waals surface area contributed by atoms with Crippen molar-refractivity contribution in [3.8, 4) is 0 Å². The second-order valence-corrected chi connectivity index (χ2v) is 7.63. The average molecular weight is 394 g/mol. The summed E-state index contributed by atoms with van der Waals surface area (Å²) in [6, 6.07) is 12.2. The van der Waals surface area contributed by atoms with Crippen molar-refractivity contribution < 1.29 is 27.9 Å². The molecular formula is C18H22N2O6S. The summed E-state index contributed by atoms with van der Waals surface area (Å²) in [7, 11) is -2.33. The van der Waals surface area contributed by atoms with Crippen LogP contribution in [0.25, 0.3) is 10.8 Å². The summed E-state index contributed by atoms with van der Waals surface area (Å²) >= 11 is 0. The molecule has 0 saturated heterocycles. The van der Waals surface area contributed by atoms with Gasteiger partial charge >= 0.3 is 5.97 Å². The van der Waals surface area contributed by atoms with Crippen LogP contribution in [-0.4, -0.2) is 63.7 Å². The van der Waals surface area contributed by atoms with Gasteiger partial charge in [-0.15, -0.1) is 0 Å². The third kappa shape index (κ3) is 6.02. The molecule has 0 aliphatic carbocycles. The maximum Gasteiger partial charge on any atom is 0.323 e. The molecule has 0 bridgehead atoms. The van der Waals surface area contributed by atoms with Crippen LogP contribution < -0.4 is 4.72 Å². The van der Waals surface area contributed by atoms with E-state index in [0.29, 0.717) is 0 Å². The standard InChI is InChI=1S/C18H22N2O6S/c1-26-11-10-20(13-18(22)23)17(21)8-9-19-27(24,25)16-7-6-14-4-2-3-5-15(14)12-16/h2-7,12,19H,8-11,13H2,1H3,(H,22,23). The first-order valence-electron chi connectivity index (χ1n) is 8.30. The van der Waals surface area contributed by atoms with Gasteiger partial charge in [-0.25, -0.2) is 13.1 Å². The number of carboxylic acid groups (broad SMARTS) is 1. The van der Waals surface area contributed by atoms with Crippen LogP contribution in [0.3, 0.4) is 0 Å². The molecule has 0 atom stereocenters. The van der Waals surface area contributed by atoms with Crippen molar-refractivity contribution in [2.75, 3.05) is 33.4 Å². The van der Waals surface area contributed by atoms with E-state index in [9.17, 15) is 18.0 Å². The number of fused-ring (bicyclic) bond motifs is 1. The third-order valence-electron chi connectivity index (χ3n) is 3.91. The molecule has 27 heavy (non-hydrogen) atoms. The van der Waals surface area contributed by atoms with Crippen molar-refractivity contribution >= 4 is 32.7 Å². The monoisotopic (exact) mass is 394 g/mol. The Morgan fingerprint density at radius 1 is 1.15 bits per heavy atom. The topological polar surface area (TPSA) is 113 Å². The molecule has 1 amide bonds. The number of hydrogen-bond donors (Lipinski definition) is 2. The Labute approximate surface area is 157 Å². The highest BCUT2D eigenvalue weighted by Crippen LogP contribution is 2.18. The molecule has 146 valence electrons. The zero-order valence-electron chi connectivity index (χ0n) is 14.9. The normalized spacial score (nSPS) is 11.4. The van der Waals surface area contributed by atoms with Gasteiger partial charge in [0.1, 0.15) is 6.54 Å². The van der Waals surface area contributed by atoms with Gasteiger partial charge in [-0.05, 0) is 22.9 Å². The number of carbonyl (C=O) groups excluding carboxylic acids is 1. The number of nitrogens with one attached hydrogen (secondary N) is 1. The number of ether oxygens (including phenoxy) is 1. The Morgan fingerprint density at radius 2 is 1.85 bits per heavy atom. The van der Waals surface area contributed by atoms with E-state index in [4.69, 9.17) is 9.84 Å². The van der Waals surface area contributed by atoms with Crippen molar-refractivity contribution in [2.45, 2.75) is 11.3 Å². The minimum absolute atomic E-state index is 0.107. The molecule has 2 N–H and O–H groups in total. The summed E-state index contributed by atoms with van der Waals surface area (Å²) in [5, 5.41) is 10.6. The number of hydrogen-bond acceptors (Lipinski definition) is 5. The molecule has 2 rings (SSSR count). The smallest absolute Gasteiger partial charge is 0.323 e. The molecule has 0 radical (unpaired) electrons. The zero-order valence-corrected chi connectivity index (χ0v) is 15.7. The highest BCUT2D eigenvalue weighted by Gasteiger charge is 2.19. The van der Waals surface area contributed by atoms with Crippen LogP contribution in [0.5, 0.6) is 0 Å². The largest absolute Gasteiger partial charge is 0.480 e. The van der Waals surface area contributed by atoms with Crippen LogP contribution in [0, 0.1) is 0 Å². The van der Waals surface area contributed by atoms with Crippen LogP contribution in [0.2, 0.25) is 0 Å².